The van der Waals surface area contributed by atoms with E-state index in [0.29, 0.717) is 11.5 Å². The van der Waals surface area contributed by atoms with Gasteiger partial charge in [-0.15, -0.1) is 11.6 Å². The lowest BCUT2D eigenvalue weighted by Crippen LogP contribution is -2.13. The molecule has 1 rings (SSSR count). The van der Waals surface area contributed by atoms with Crippen LogP contribution in [0, 0.1) is 0 Å². The molecule has 1 unspecified atom stereocenters. The molecule has 0 N–H and O–H groups in total. The minimum Gasteiger partial charge on any atom is -0.151 e. The van der Waals surface area contributed by atoms with Gasteiger partial charge in [0.25, 0.3) is 0 Å². The van der Waals surface area contributed by atoms with Gasteiger partial charge in [0.15, 0.2) is 0 Å². The molecule has 9 heavy (non-hydrogen) atoms. The molecule has 1 aliphatic rings. The standard InChI is InChI=1S/C6H6Cl2S/c7-5-3-1-2-4-6(5,8)9/h1-3,9H,4H2. The molecule has 1 aliphatic carbocycles. The molecule has 0 aliphatic heterocycles. The van der Waals surface area contributed by atoms with Crippen molar-refractivity contribution in [3.63, 3.8) is 0 Å². The molecule has 0 saturated heterocycles. The Morgan fingerprint density at radius 3 is 2.67 bits per heavy atom. The van der Waals surface area contributed by atoms with Crippen LogP contribution in [0.5, 0.6) is 0 Å². The molecule has 0 bridgehead atoms. The Kier molecular flexibility index (Phi) is 2.14. The fourth-order valence-corrected chi connectivity index (χ4v) is 1.08. The first kappa shape index (κ1) is 7.52. The van der Waals surface area contributed by atoms with Gasteiger partial charge in [-0.05, 0) is 12.5 Å². The van der Waals surface area contributed by atoms with Gasteiger partial charge >= 0.3 is 0 Å². The Hall–Kier alpha value is 0.410. The lowest BCUT2D eigenvalue weighted by molar-refractivity contribution is 0.965. The summed E-state index contributed by atoms with van der Waals surface area (Å²) in [6.07, 6.45) is 6.25. The van der Waals surface area contributed by atoms with Crippen molar-refractivity contribution in [1.82, 2.24) is 0 Å². The maximum absolute atomic E-state index is 5.84. The third-order valence-electron chi connectivity index (χ3n) is 1.13. The van der Waals surface area contributed by atoms with Gasteiger partial charge in [-0.25, -0.2) is 0 Å². The Labute approximate surface area is 69.9 Å². The largest absolute Gasteiger partial charge is 0.151 e. The average Bonchev–Trinajstić information content (AvgIpc) is 1.77. The normalized spacial score (nSPS) is 34.3. The van der Waals surface area contributed by atoms with Crippen molar-refractivity contribution in [3.8, 4) is 0 Å². The summed E-state index contributed by atoms with van der Waals surface area (Å²) in [5.74, 6) is 0. The number of halogens is 2. The molecule has 0 nitrogen and oxygen atoms in total. The summed E-state index contributed by atoms with van der Waals surface area (Å²) in [5.41, 5.74) is 0. The third kappa shape index (κ3) is 1.66. The van der Waals surface area contributed by atoms with E-state index in [1.807, 2.05) is 12.2 Å². The zero-order chi connectivity index (χ0) is 6.91. The van der Waals surface area contributed by atoms with Gasteiger partial charge in [0.05, 0.1) is 0 Å². The van der Waals surface area contributed by atoms with Crippen molar-refractivity contribution in [1.29, 1.82) is 0 Å². The molecule has 50 valence electrons. The monoisotopic (exact) mass is 180 g/mol. The lowest BCUT2D eigenvalue weighted by Gasteiger charge is -2.20. The van der Waals surface area contributed by atoms with Gasteiger partial charge in [0.1, 0.15) is 4.21 Å². The van der Waals surface area contributed by atoms with Crippen LogP contribution < -0.4 is 0 Å². The second-order valence-corrected chi connectivity index (χ2v) is 3.99. The van der Waals surface area contributed by atoms with E-state index < -0.39 is 4.21 Å². The molecule has 1 atom stereocenters. The van der Waals surface area contributed by atoms with Crippen LogP contribution >= 0.6 is 35.8 Å². The summed E-state index contributed by atoms with van der Waals surface area (Å²) >= 11 is 15.7. The number of alkyl halides is 1. The number of hydrogen-bond donors (Lipinski definition) is 1. The van der Waals surface area contributed by atoms with Crippen molar-refractivity contribution in [3.05, 3.63) is 23.3 Å². The van der Waals surface area contributed by atoms with E-state index in [-0.39, 0.29) is 0 Å². The molecular formula is C6H6Cl2S. The summed E-state index contributed by atoms with van der Waals surface area (Å²) in [6, 6.07) is 0. The van der Waals surface area contributed by atoms with Gasteiger partial charge < -0.3 is 0 Å². The number of thiol groups is 1. The van der Waals surface area contributed by atoms with Crippen molar-refractivity contribution in [2.24, 2.45) is 0 Å². The summed E-state index contributed by atoms with van der Waals surface area (Å²) in [4.78, 5) is 0. The van der Waals surface area contributed by atoms with Gasteiger partial charge in [-0.3, -0.25) is 0 Å². The van der Waals surface area contributed by atoms with E-state index in [0.717, 1.165) is 0 Å². The lowest BCUT2D eigenvalue weighted by atomic mass is 10.2. The average molecular weight is 181 g/mol. The van der Waals surface area contributed by atoms with Crippen LogP contribution in [0.1, 0.15) is 6.42 Å². The molecule has 0 amide bonds. The predicted molar refractivity (Wildman–Crippen MR) is 45.3 cm³/mol. The summed E-state index contributed by atoms with van der Waals surface area (Å²) < 4.78 is -0.656. The zero-order valence-electron chi connectivity index (χ0n) is 4.64. The minimum atomic E-state index is -0.656. The van der Waals surface area contributed by atoms with E-state index in [2.05, 4.69) is 12.6 Å². The molecule has 0 saturated carbocycles. The van der Waals surface area contributed by atoms with Crippen molar-refractivity contribution in [2.45, 2.75) is 10.6 Å². The highest BCUT2D eigenvalue weighted by Crippen LogP contribution is 2.37. The van der Waals surface area contributed by atoms with Crippen LogP contribution in [0.25, 0.3) is 0 Å². The van der Waals surface area contributed by atoms with E-state index in [9.17, 15) is 0 Å². The summed E-state index contributed by atoms with van der Waals surface area (Å²) in [6.45, 7) is 0. The SMILES string of the molecule is SC1(Cl)CC=CC=C1Cl. The summed E-state index contributed by atoms with van der Waals surface area (Å²) in [5, 5.41) is 0.593. The fraction of sp³-hybridized carbons (Fsp3) is 0.333. The highest BCUT2D eigenvalue weighted by Gasteiger charge is 2.25. The second kappa shape index (κ2) is 2.57. The highest BCUT2D eigenvalue weighted by molar-refractivity contribution is 7.83. The number of hydrogen-bond acceptors (Lipinski definition) is 1. The minimum absolute atomic E-state index is 0.593. The van der Waals surface area contributed by atoms with E-state index in [4.69, 9.17) is 23.2 Å². The van der Waals surface area contributed by atoms with Crippen molar-refractivity contribution < 1.29 is 0 Å². The Balaban J connectivity index is 2.83. The van der Waals surface area contributed by atoms with Gasteiger partial charge in [0, 0.05) is 5.03 Å². The molecule has 0 spiro atoms. The van der Waals surface area contributed by atoms with Gasteiger partial charge in [-0.2, -0.15) is 12.6 Å². The smallest absolute Gasteiger partial charge is 0.126 e. The van der Waals surface area contributed by atoms with Crippen molar-refractivity contribution in [2.75, 3.05) is 0 Å². The second-order valence-electron chi connectivity index (χ2n) is 1.91. The van der Waals surface area contributed by atoms with Crippen LogP contribution in [0.4, 0.5) is 0 Å². The maximum atomic E-state index is 5.84. The molecule has 3 heteroatoms. The zero-order valence-corrected chi connectivity index (χ0v) is 7.05. The van der Waals surface area contributed by atoms with Gasteiger partial charge in [0.2, 0.25) is 0 Å². The first-order chi connectivity index (χ1) is 4.13. The molecule has 0 aromatic rings. The fourth-order valence-electron chi connectivity index (χ4n) is 0.602. The molecule has 0 fully saturated rings. The molecule has 0 heterocycles. The quantitative estimate of drug-likeness (QED) is 0.431. The Bertz CT molecular complexity index is 170. The maximum Gasteiger partial charge on any atom is 0.126 e. The first-order valence-electron chi connectivity index (χ1n) is 2.57. The molecular weight excluding hydrogens is 175 g/mol. The molecule has 0 aromatic heterocycles. The van der Waals surface area contributed by atoms with Crippen LogP contribution in [-0.2, 0) is 0 Å². The first-order valence-corrected chi connectivity index (χ1v) is 3.77. The topological polar surface area (TPSA) is 0 Å². The van der Waals surface area contributed by atoms with Crippen molar-refractivity contribution >= 4 is 35.8 Å². The Morgan fingerprint density at radius 2 is 2.33 bits per heavy atom. The molecule has 0 aromatic carbocycles. The van der Waals surface area contributed by atoms with Crippen LogP contribution in [0.3, 0.4) is 0 Å². The molecule has 0 radical (unpaired) electrons. The Morgan fingerprint density at radius 1 is 1.67 bits per heavy atom. The highest BCUT2D eigenvalue weighted by atomic mass is 35.5. The predicted octanol–water partition coefficient (Wildman–Crippen LogP) is 2.93. The van der Waals surface area contributed by atoms with Crippen LogP contribution in [0.15, 0.2) is 23.3 Å². The summed E-state index contributed by atoms with van der Waals surface area (Å²) in [7, 11) is 0. The van der Waals surface area contributed by atoms with Crippen LogP contribution in [-0.4, -0.2) is 4.21 Å². The van der Waals surface area contributed by atoms with E-state index >= 15 is 0 Å². The third-order valence-corrected chi connectivity index (χ3v) is 2.59. The van der Waals surface area contributed by atoms with Gasteiger partial charge in [-0.1, -0.05) is 23.8 Å². The van der Waals surface area contributed by atoms with Crippen LogP contribution in [0.2, 0.25) is 0 Å². The number of allylic oxidation sites excluding steroid dienone is 3. The van der Waals surface area contributed by atoms with E-state index in [1.54, 1.807) is 6.08 Å². The van der Waals surface area contributed by atoms with E-state index in [1.165, 1.54) is 0 Å². The number of rotatable bonds is 0.